The lowest BCUT2D eigenvalue weighted by atomic mass is 9.87. The van der Waals surface area contributed by atoms with Gasteiger partial charge in [-0.05, 0) is 230 Å². The Morgan fingerprint density at radius 3 is 1.00 bits per heavy atom. The minimum absolute atomic E-state index is 0.0829. The van der Waals surface area contributed by atoms with E-state index in [4.69, 9.17) is 18.9 Å². The molecule has 14 heteroatoms. The molecule has 598 valence electrons. The minimum atomic E-state index is -4.47. The molecule has 3 aliphatic rings. The largest absolute Gasteiger partial charge is 0.497 e. The molecule has 5 nitrogen and oxygen atoms in total. The van der Waals surface area contributed by atoms with Crippen LogP contribution in [0.2, 0.25) is 0 Å². The van der Waals surface area contributed by atoms with E-state index in [0.29, 0.717) is 10.1 Å². The summed E-state index contributed by atoms with van der Waals surface area (Å²) in [5.74, 6) is 6.65. The number of hydrogen-bond acceptors (Lipinski definition) is 5. The van der Waals surface area contributed by atoms with Gasteiger partial charge in [0, 0.05) is 54.3 Å². The van der Waals surface area contributed by atoms with Gasteiger partial charge in [-0.3, -0.25) is 4.79 Å². The van der Waals surface area contributed by atoms with Crippen molar-refractivity contribution in [3.63, 3.8) is 0 Å². The van der Waals surface area contributed by atoms with Crippen molar-refractivity contribution < 1.29 is 32.1 Å². The molecule has 3 aromatic heterocycles. The smallest absolute Gasteiger partial charge is 0.416 e. The number of alkyl halides is 3. The van der Waals surface area contributed by atoms with Crippen LogP contribution in [-0.4, -0.2) is 7.11 Å². The van der Waals surface area contributed by atoms with Gasteiger partial charge in [-0.2, -0.15) is 13.2 Å². The van der Waals surface area contributed by atoms with Gasteiger partial charge in [0.25, 0.3) is 0 Å². The van der Waals surface area contributed by atoms with Crippen LogP contribution in [0.15, 0.2) is 472 Å². The van der Waals surface area contributed by atoms with Crippen LogP contribution in [0.1, 0.15) is 37.5 Å². The third-order valence-electron chi connectivity index (χ3n) is 20.8. The fourth-order valence-electron chi connectivity index (χ4n) is 14.7. The van der Waals surface area contributed by atoms with E-state index in [1.54, 1.807) is 19.2 Å². The molecule has 0 bridgehead atoms. The number of ether oxygens (including phenoxy) is 4. The third-order valence-corrected chi connectivity index (χ3v) is 34.1. The van der Waals surface area contributed by atoms with Gasteiger partial charge in [-0.1, -0.05) is 214 Å². The van der Waals surface area contributed by atoms with Crippen LogP contribution in [0.5, 0.6) is 40.2 Å². The highest BCUT2D eigenvalue weighted by Gasteiger charge is 2.42. The normalized spacial score (nSPS) is 12.8. The van der Waals surface area contributed by atoms with E-state index in [-0.39, 0.29) is 69.9 Å². The molecule has 6 heterocycles. The molecule has 3 unspecified atom stereocenters. The maximum atomic E-state index is 13.1. The molecule has 0 radical (unpaired) electrons. The van der Waals surface area contributed by atoms with E-state index in [9.17, 15) is 18.0 Å². The van der Waals surface area contributed by atoms with Crippen molar-refractivity contribution in [2.45, 2.75) is 83.3 Å². The SMILES string of the molecule is CC(C)(C)c1ccc(-[s+]2ccc3ccccc32)cc1.COc1ccc([S+]2c3ccccc3Oc3ccccc32)cc1.Cc1ccc([S+]2c3ccccc3Oc3ccccc32)cc1.O=c1c2ccccc2[s+](-c2ccccc2)c2ccc(C(F)(F)F)cc12.c1ccc(-[s+]2ccc3ccccc32)cc1.c1ccc([S+]2c3ccccc3Oc3ccccc32)cc1. The van der Waals surface area contributed by atoms with Gasteiger partial charge in [-0.25, -0.2) is 0 Å². The Hall–Kier alpha value is -12.6. The van der Waals surface area contributed by atoms with E-state index >= 15 is 0 Å². The van der Waals surface area contributed by atoms with Gasteiger partial charge < -0.3 is 18.9 Å². The average Bonchev–Trinajstić information content (AvgIpc) is 1.34. The summed E-state index contributed by atoms with van der Waals surface area (Å²) in [6, 6.07) is 140. The lowest BCUT2D eigenvalue weighted by molar-refractivity contribution is -0.137. The molecule has 22 rings (SSSR count). The number of hydrogen-bond donors (Lipinski definition) is 0. The Bertz CT molecular complexity index is 6790. The van der Waals surface area contributed by atoms with E-state index in [0.717, 1.165) is 62.0 Å². The zero-order chi connectivity index (χ0) is 83.7. The summed E-state index contributed by atoms with van der Waals surface area (Å²) in [6.45, 7) is 8.90. The van der Waals surface area contributed by atoms with E-state index < -0.39 is 22.2 Å². The van der Waals surface area contributed by atoms with Gasteiger partial charge in [0.1, 0.15) is 49.2 Å². The highest BCUT2D eigenvalue weighted by Crippen LogP contribution is 2.52. The highest BCUT2D eigenvalue weighted by molar-refractivity contribution is 7.98. The van der Waals surface area contributed by atoms with Crippen LogP contribution >= 0.6 is 31.4 Å². The highest BCUT2D eigenvalue weighted by atomic mass is 32.2. The summed E-state index contributed by atoms with van der Waals surface area (Å²) in [5.41, 5.74) is 1.77. The molecule has 0 saturated carbocycles. The zero-order valence-electron chi connectivity index (χ0n) is 67.5. The number of rotatable bonds is 7. The molecule has 122 heavy (non-hydrogen) atoms. The summed E-state index contributed by atoms with van der Waals surface area (Å²) in [4.78, 5) is 28.0. The summed E-state index contributed by atoms with van der Waals surface area (Å²) >= 11 is 0. The van der Waals surface area contributed by atoms with E-state index in [1.165, 1.54) is 91.2 Å². The van der Waals surface area contributed by atoms with Crippen LogP contribution in [0.3, 0.4) is 0 Å². The van der Waals surface area contributed by atoms with Crippen molar-refractivity contribution in [3.05, 3.63) is 450 Å². The van der Waals surface area contributed by atoms with Gasteiger partial charge in [-0.15, -0.1) is 0 Å². The number of thiophene rings is 2. The topological polar surface area (TPSA) is 54.0 Å². The second kappa shape index (κ2) is 36.8. The first-order valence-electron chi connectivity index (χ1n) is 40.0. The van der Waals surface area contributed by atoms with Gasteiger partial charge in [0.15, 0.2) is 82.7 Å². The Kier molecular flexibility index (Phi) is 24.6. The first-order chi connectivity index (χ1) is 59.6. The quantitative estimate of drug-likeness (QED) is 0.118. The number of halogens is 3. The maximum absolute atomic E-state index is 13.1. The average molecular weight is 1710 g/mol. The van der Waals surface area contributed by atoms with Gasteiger partial charge in [0.05, 0.1) is 23.4 Å². The molecular formula is C108H85F3O5S6+6. The standard InChI is InChI=1S/C20H12F3OS.C19H15O2S.C19H15OS.C18H13OS.C18H19S.C14H11S/c21-20(22,23)13-10-11-18-16(12-13)19(24)15-8-4-5-9-17(15)25(18)14-6-2-1-3-7-14;1-20-14-10-12-15(13-11-14)22-18-8-4-2-6-16(18)21-17-7-3-5-9-19(17)22;1-14-10-12-15(13-11-14)21-18-8-4-2-6-16(18)20-17-7-3-5-9-19(17)21;1-2-8-14(9-3-1)20-17-12-6-4-10-15(17)19-16-11-5-7-13-18(16)20;1-18(2,3)15-8-10-16(11-9-15)19-13-12-14-6-4-5-7-17(14)19;1-2-7-13(8-3-1)15-11-10-12-6-4-5-9-14(12)15/h1-12H;2-13H,1H3;2-13H,1H3;1-13H;4-13H,1-3H3;1-11H/q6*+1. The summed E-state index contributed by atoms with van der Waals surface area (Å²) in [6.07, 6.45) is -4.47. The first kappa shape index (κ1) is 81.7. The van der Waals surface area contributed by atoms with Gasteiger partial charge >= 0.3 is 6.18 Å². The zero-order valence-corrected chi connectivity index (χ0v) is 72.4. The molecule has 3 atom stereocenters. The fourth-order valence-corrected chi connectivity index (χ4v) is 27.5. The monoisotopic (exact) mass is 1710 g/mol. The second-order valence-corrected chi connectivity index (χ2v) is 41.4. The van der Waals surface area contributed by atoms with E-state index in [2.05, 4.69) is 305 Å². The summed E-state index contributed by atoms with van der Waals surface area (Å²) in [7, 11) is 1.04. The van der Waals surface area contributed by atoms with Crippen molar-refractivity contribution in [1.29, 1.82) is 0 Å². The van der Waals surface area contributed by atoms with Gasteiger partial charge in [0.2, 0.25) is 34.8 Å². The molecule has 19 aromatic rings. The predicted octanol–water partition coefficient (Wildman–Crippen LogP) is 31.5. The van der Waals surface area contributed by atoms with Crippen LogP contribution < -0.4 is 24.4 Å². The maximum Gasteiger partial charge on any atom is 0.416 e. The van der Waals surface area contributed by atoms with Crippen LogP contribution in [0, 0.1) is 6.92 Å². The van der Waals surface area contributed by atoms with Crippen molar-refractivity contribution in [2.75, 3.05) is 7.11 Å². The molecule has 0 amide bonds. The van der Waals surface area contributed by atoms with Crippen LogP contribution in [0.4, 0.5) is 13.2 Å². The van der Waals surface area contributed by atoms with Crippen molar-refractivity contribution in [2.24, 2.45) is 0 Å². The first-order valence-corrected chi connectivity index (χ1v) is 47.4. The summed E-state index contributed by atoms with van der Waals surface area (Å²) in [5, 5.41) is 7.98. The van der Waals surface area contributed by atoms with Crippen molar-refractivity contribution in [1.82, 2.24) is 0 Å². The lowest BCUT2D eigenvalue weighted by Crippen LogP contribution is -2.12. The number of fused-ring (bicyclic) bond motifs is 10. The van der Waals surface area contributed by atoms with E-state index in [1.807, 2.05) is 115 Å². The number of para-hydroxylation sites is 6. The third kappa shape index (κ3) is 17.8. The minimum Gasteiger partial charge on any atom is -0.497 e. The molecule has 0 saturated heterocycles. The second-order valence-electron chi connectivity index (χ2n) is 29.8. The lowest BCUT2D eigenvalue weighted by Gasteiger charge is -2.19. The molecule has 3 aliphatic heterocycles. The number of aryl methyl sites for hydroxylation is 1. The van der Waals surface area contributed by atoms with Crippen LogP contribution in [0.25, 0.3) is 55.0 Å². The molecule has 0 fully saturated rings. The fraction of sp³-hybridized carbons (Fsp3) is 0.0648. The Morgan fingerprint density at radius 1 is 0.287 bits per heavy atom. The molecule has 0 aliphatic carbocycles. The molecular weight excluding hydrogens is 1630 g/mol. The van der Waals surface area contributed by atoms with Crippen LogP contribution in [-0.2, 0) is 44.3 Å². The van der Waals surface area contributed by atoms with Crippen molar-refractivity contribution >= 4 is 104 Å². The molecule has 16 aromatic carbocycles. The number of methoxy groups -OCH3 is 1. The Labute approximate surface area is 726 Å². The summed E-state index contributed by atoms with van der Waals surface area (Å²) < 4.78 is 67.1. The van der Waals surface area contributed by atoms with Crippen molar-refractivity contribution in [3.8, 4) is 54.9 Å². The molecule has 0 spiro atoms. The predicted molar refractivity (Wildman–Crippen MR) is 507 cm³/mol. The Balaban J connectivity index is 0.000000105. The molecule has 0 N–H and O–H groups in total. The number of benzene rings is 16. The Morgan fingerprint density at radius 2 is 0.598 bits per heavy atom.